The van der Waals surface area contributed by atoms with Gasteiger partial charge in [-0.25, -0.2) is 9.97 Å². The van der Waals surface area contributed by atoms with Crippen molar-refractivity contribution in [3.8, 4) is 0 Å². The van der Waals surface area contributed by atoms with E-state index in [0.717, 1.165) is 23.4 Å². The van der Waals surface area contributed by atoms with Crippen molar-refractivity contribution < 1.29 is 0 Å². The molecule has 0 saturated heterocycles. The van der Waals surface area contributed by atoms with Gasteiger partial charge in [0.25, 0.3) is 0 Å². The molecule has 0 aromatic carbocycles. The first kappa shape index (κ1) is 9.96. The van der Waals surface area contributed by atoms with Crippen molar-refractivity contribution in [3.63, 3.8) is 0 Å². The van der Waals surface area contributed by atoms with Crippen LogP contribution in [0.4, 0.5) is 5.82 Å². The van der Waals surface area contributed by atoms with Gasteiger partial charge in [0, 0.05) is 12.7 Å². The molecule has 4 heteroatoms. The molecule has 0 bridgehead atoms. The van der Waals surface area contributed by atoms with Crippen molar-refractivity contribution >= 4 is 16.9 Å². The summed E-state index contributed by atoms with van der Waals surface area (Å²) in [6.07, 6.45) is 4.64. The number of hydrogen-bond donors (Lipinski definition) is 2. The quantitative estimate of drug-likeness (QED) is 0.804. The molecule has 15 heavy (non-hydrogen) atoms. The van der Waals surface area contributed by atoms with Gasteiger partial charge in [0.2, 0.25) is 0 Å². The lowest BCUT2D eigenvalue weighted by Crippen LogP contribution is -2.11. The largest absolute Gasteiger partial charge is 0.369 e. The molecule has 4 nitrogen and oxygen atoms in total. The molecule has 1 atom stereocenters. The van der Waals surface area contributed by atoms with Crippen LogP contribution >= 0.6 is 0 Å². The second-order valence-corrected chi connectivity index (χ2v) is 3.86. The first-order valence-corrected chi connectivity index (χ1v) is 5.33. The zero-order valence-electron chi connectivity index (χ0n) is 9.12. The van der Waals surface area contributed by atoms with E-state index in [1.54, 1.807) is 6.33 Å². The molecule has 0 aliphatic heterocycles. The Morgan fingerprint density at radius 1 is 1.47 bits per heavy atom. The van der Waals surface area contributed by atoms with E-state index in [4.69, 9.17) is 0 Å². The zero-order valence-corrected chi connectivity index (χ0v) is 9.12. The Kier molecular flexibility index (Phi) is 2.85. The molecule has 0 radical (unpaired) electrons. The van der Waals surface area contributed by atoms with Crippen molar-refractivity contribution in [1.29, 1.82) is 0 Å². The Labute approximate surface area is 89.1 Å². The van der Waals surface area contributed by atoms with Crippen molar-refractivity contribution in [2.75, 3.05) is 11.9 Å². The predicted molar refractivity (Wildman–Crippen MR) is 61.8 cm³/mol. The first-order valence-electron chi connectivity index (χ1n) is 5.33. The fraction of sp³-hybridized carbons (Fsp3) is 0.455. The summed E-state index contributed by atoms with van der Waals surface area (Å²) in [5.41, 5.74) is 0.886. The molecule has 0 aliphatic carbocycles. The number of fused-ring (bicyclic) bond motifs is 1. The third-order valence-electron chi connectivity index (χ3n) is 2.67. The minimum atomic E-state index is 0.661. The van der Waals surface area contributed by atoms with Gasteiger partial charge in [0.1, 0.15) is 17.8 Å². The topological polar surface area (TPSA) is 53.6 Å². The monoisotopic (exact) mass is 204 g/mol. The van der Waals surface area contributed by atoms with Crippen LogP contribution in [0.15, 0.2) is 18.6 Å². The number of rotatable bonds is 4. The van der Waals surface area contributed by atoms with Gasteiger partial charge in [-0.15, -0.1) is 0 Å². The summed E-state index contributed by atoms with van der Waals surface area (Å²) in [5, 5.41) is 4.41. The highest BCUT2D eigenvalue weighted by atomic mass is 15.0. The van der Waals surface area contributed by atoms with Crippen molar-refractivity contribution in [3.05, 3.63) is 18.6 Å². The Morgan fingerprint density at radius 2 is 2.33 bits per heavy atom. The van der Waals surface area contributed by atoms with Gasteiger partial charge < -0.3 is 10.3 Å². The molecular formula is C11H16N4. The van der Waals surface area contributed by atoms with E-state index in [2.05, 4.69) is 34.1 Å². The van der Waals surface area contributed by atoms with Crippen LogP contribution in [0.5, 0.6) is 0 Å². The van der Waals surface area contributed by atoms with Crippen molar-refractivity contribution in [1.82, 2.24) is 15.0 Å². The highest BCUT2D eigenvalue weighted by molar-refractivity contribution is 5.86. The van der Waals surface area contributed by atoms with E-state index >= 15 is 0 Å². The van der Waals surface area contributed by atoms with Gasteiger partial charge in [-0.3, -0.25) is 0 Å². The van der Waals surface area contributed by atoms with E-state index in [0.29, 0.717) is 5.92 Å². The average Bonchev–Trinajstić information content (AvgIpc) is 2.74. The van der Waals surface area contributed by atoms with E-state index < -0.39 is 0 Å². The smallest absolute Gasteiger partial charge is 0.142 e. The van der Waals surface area contributed by atoms with E-state index in [1.165, 1.54) is 6.42 Å². The molecule has 2 aromatic heterocycles. The summed E-state index contributed by atoms with van der Waals surface area (Å²) in [6, 6.07) is 1.99. The van der Waals surface area contributed by atoms with Gasteiger partial charge in [-0.2, -0.15) is 0 Å². The average molecular weight is 204 g/mol. The summed E-state index contributed by atoms with van der Waals surface area (Å²) in [6.45, 7) is 5.37. The fourth-order valence-electron chi connectivity index (χ4n) is 1.43. The molecule has 0 saturated carbocycles. The highest BCUT2D eigenvalue weighted by Gasteiger charge is 2.04. The standard InChI is InChI=1S/C11H16N4/c1-3-8(2)6-13-11-9-4-5-12-10(9)14-7-15-11/h4-5,7-8H,3,6H2,1-2H3,(H2,12,13,14,15)/t8-/m1/s1. The minimum absolute atomic E-state index is 0.661. The lowest BCUT2D eigenvalue weighted by atomic mass is 10.1. The molecule has 0 spiro atoms. The van der Waals surface area contributed by atoms with E-state index in [9.17, 15) is 0 Å². The Bertz CT molecular complexity index is 435. The Morgan fingerprint density at radius 3 is 3.13 bits per heavy atom. The van der Waals surface area contributed by atoms with Crippen LogP contribution in [-0.2, 0) is 0 Å². The molecule has 0 fully saturated rings. The SMILES string of the molecule is CC[C@@H](C)CNc1ncnc2[nH]ccc12. The number of aromatic nitrogens is 3. The third-order valence-corrected chi connectivity index (χ3v) is 2.67. The maximum atomic E-state index is 4.24. The predicted octanol–water partition coefficient (Wildman–Crippen LogP) is 2.42. The van der Waals surface area contributed by atoms with Crippen molar-refractivity contribution in [2.24, 2.45) is 5.92 Å². The van der Waals surface area contributed by atoms with Gasteiger partial charge in [-0.05, 0) is 12.0 Å². The van der Waals surface area contributed by atoms with Crippen LogP contribution in [0.25, 0.3) is 11.0 Å². The number of hydrogen-bond acceptors (Lipinski definition) is 3. The maximum absolute atomic E-state index is 4.24. The molecule has 0 amide bonds. The van der Waals surface area contributed by atoms with E-state index in [1.807, 2.05) is 12.3 Å². The molecule has 2 heterocycles. The summed E-state index contributed by atoms with van der Waals surface area (Å²) in [5.74, 6) is 1.58. The van der Waals surface area contributed by atoms with Gasteiger partial charge in [-0.1, -0.05) is 20.3 Å². The molecule has 0 unspecified atom stereocenters. The van der Waals surface area contributed by atoms with E-state index in [-0.39, 0.29) is 0 Å². The number of anilines is 1. The lowest BCUT2D eigenvalue weighted by Gasteiger charge is -2.10. The maximum Gasteiger partial charge on any atom is 0.142 e. The van der Waals surface area contributed by atoms with Crippen molar-refractivity contribution in [2.45, 2.75) is 20.3 Å². The third kappa shape index (κ3) is 2.09. The number of H-pyrrole nitrogens is 1. The molecule has 2 rings (SSSR count). The molecule has 0 aliphatic rings. The second kappa shape index (κ2) is 4.29. The second-order valence-electron chi connectivity index (χ2n) is 3.86. The normalized spacial score (nSPS) is 12.9. The van der Waals surface area contributed by atoms with Crippen LogP contribution < -0.4 is 5.32 Å². The summed E-state index contributed by atoms with van der Waals surface area (Å²) in [4.78, 5) is 11.5. The molecule has 80 valence electrons. The Hall–Kier alpha value is -1.58. The van der Waals surface area contributed by atoms with Gasteiger partial charge in [0.15, 0.2) is 0 Å². The summed E-state index contributed by atoms with van der Waals surface area (Å²) in [7, 11) is 0. The number of nitrogens with one attached hydrogen (secondary N) is 2. The molecule has 2 N–H and O–H groups in total. The van der Waals surface area contributed by atoms with Crippen LogP contribution in [0.3, 0.4) is 0 Å². The van der Waals surface area contributed by atoms with Gasteiger partial charge in [0.05, 0.1) is 5.39 Å². The Balaban J connectivity index is 2.17. The highest BCUT2D eigenvalue weighted by Crippen LogP contribution is 2.17. The van der Waals surface area contributed by atoms with Crippen LogP contribution in [-0.4, -0.2) is 21.5 Å². The van der Waals surface area contributed by atoms with Crippen LogP contribution in [0.2, 0.25) is 0 Å². The van der Waals surface area contributed by atoms with Gasteiger partial charge >= 0.3 is 0 Å². The minimum Gasteiger partial charge on any atom is -0.369 e. The van der Waals surface area contributed by atoms with Crippen LogP contribution in [0.1, 0.15) is 20.3 Å². The first-order chi connectivity index (χ1) is 7.31. The number of nitrogens with zero attached hydrogens (tertiary/aromatic N) is 2. The van der Waals surface area contributed by atoms with Crippen LogP contribution in [0, 0.1) is 5.92 Å². The summed E-state index contributed by atoms with van der Waals surface area (Å²) >= 11 is 0. The lowest BCUT2D eigenvalue weighted by molar-refractivity contribution is 0.593. The summed E-state index contributed by atoms with van der Waals surface area (Å²) < 4.78 is 0. The zero-order chi connectivity index (χ0) is 10.7. The number of aromatic amines is 1. The molecular weight excluding hydrogens is 188 g/mol. The fourth-order valence-corrected chi connectivity index (χ4v) is 1.43. The molecule has 2 aromatic rings.